The van der Waals surface area contributed by atoms with E-state index in [-0.39, 0.29) is 10.8 Å². The molecule has 0 fully saturated rings. The predicted molar refractivity (Wildman–Crippen MR) is 96.9 cm³/mol. The third-order valence-electron chi connectivity index (χ3n) is 3.84. The smallest absolute Gasteiger partial charge is 0.261 e. The highest BCUT2D eigenvalue weighted by Crippen LogP contribution is 2.22. The van der Waals surface area contributed by atoms with Crippen LogP contribution in [0, 0.1) is 0 Å². The molecule has 0 aliphatic carbocycles. The first-order valence-electron chi connectivity index (χ1n) is 7.68. The molecular weight excluding hydrogens is 324 g/mol. The topological polar surface area (TPSA) is 66.5 Å². The van der Waals surface area contributed by atoms with Crippen molar-refractivity contribution in [3.8, 4) is 0 Å². The molecule has 6 heteroatoms. The summed E-state index contributed by atoms with van der Waals surface area (Å²) in [7, 11) is -1.97. The summed E-state index contributed by atoms with van der Waals surface area (Å²) in [6.45, 7) is 5.58. The lowest BCUT2D eigenvalue weighted by atomic mass is 10.0. The van der Waals surface area contributed by atoms with Crippen LogP contribution in [0.5, 0.6) is 0 Å². The Morgan fingerprint density at radius 3 is 2.00 bits per heavy atom. The Bertz CT molecular complexity index is 810. The van der Waals surface area contributed by atoms with Gasteiger partial charge in [0.05, 0.1) is 4.90 Å². The Kier molecular flexibility index (Phi) is 5.29. The van der Waals surface area contributed by atoms with Crippen molar-refractivity contribution in [2.24, 2.45) is 0 Å². The van der Waals surface area contributed by atoms with Crippen LogP contribution in [0.1, 0.15) is 32.3 Å². The van der Waals surface area contributed by atoms with Gasteiger partial charge in [-0.1, -0.05) is 26.0 Å². The zero-order chi connectivity index (χ0) is 17.9. The molecule has 0 bridgehead atoms. The van der Waals surface area contributed by atoms with Gasteiger partial charge in [0, 0.05) is 25.3 Å². The maximum atomic E-state index is 12.4. The summed E-state index contributed by atoms with van der Waals surface area (Å²) in [5.41, 5.74) is 2.24. The Labute approximate surface area is 143 Å². The van der Waals surface area contributed by atoms with Crippen LogP contribution in [0.3, 0.4) is 0 Å². The van der Waals surface area contributed by atoms with Crippen LogP contribution in [-0.2, 0) is 14.8 Å². The van der Waals surface area contributed by atoms with Crippen molar-refractivity contribution in [1.82, 2.24) is 0 Å². The zero-order valence-electron chi connectivity index (χ0n) is 14.3. The molecule has 0 aliphatic heterocycles. The molecule has 5 nitrogen and oxygen atoms in total. The molecule has 1 N–H and O–H groups in total. The summed E-state index contributed by atoms with van der Waals surface area (Å²) in [4.78, 5) is 13.0. The van der Waals surface area contributed by atoms with E-state index in [0.29, 0.717) is 17.3 Å². The van der Waals surface area contributed by atoms with Crippen LogP contribution in [0.4, 0.5) is 11.4 Å². The van der Waals surface area contributed by atoms with Crippen LogP contribution in [-0.4, -0.2) is 21.4 Å². The summed E-state index contributed by atoms with van der Waals surface area (Å²) >= 11 is 0. The number of nitrogens with one attached hydrogen (secondary N) is 1. The number of sulfonamides is 1. The van der Waals surface area contributed by atoms with Gasteiger partial charge in [0.2, 0.25) is 5.91 Å². The summed E-state index contributed by atoms with van der Waals surface area (Å²) in [5, 5.41) is 0. The average Bonchev–Trinajstić information content (AvgIpc) is 2.54. The molecule has 128 valence electrons. The standard InChI is InChI=1S/C18H22N2O3S/c1-13(2)15-5-11-18(12-6-15)24(22,23)19-16-7-9-17(10-8-16)20(4)14(3)21/h5-13,19H,1-4H3. The van der Waals surface area contributed by atoms with E-state index < -0.39 is 10.0 Å². The molecular formula is C18H22N2O3S. The normalized spacial score (nSPS) is 11.4. The minimum Gasteiger partial charge on any atom is -0.316 e. The first-order valence-corrected chi connectivity index (χ1v) is 9.16. The lowest BCUT2D eigenvalue weighted by Crippen LogP contribution is -2.22. The Hall–Kier alpha value is -2.34. The van der Waals surface area contributed by atoms with E-state index in [2.05, 4.69) is 18.6 Å². The number of anilines is 2. The van der Waals surface area contributed by atoms with Gasteiger partial charge >= 0.3 is 0 Å². The summed E-state index contributed by atoms with van der Waals surface area (Å²) in [6.07, 6.45) is 0. The van der Waals surface area contributed by atoms with Crippen LogP contribution in [0.2, 0.25) is 0 Å². The number of benzene rings is 2. The van der Waals surface area contributed by atoms with Crippen LogP contribution in [0.25, 0.3) is 0 Å². The van der Waals surface area contributed by atoms with Gasteiger partial charge in [-0.3, -0.25) is 9.52 Å². The van der Waals surface area contributed by atoms with Crippen molar-refractivity contribution in [3.63, 3.8) is 0 Å². The molecule has 0 unspecified atom stereocenters. The molecule has 0 saturated heterocycles. The van der Waals surface area contributed by atoms with Crippen molar-refractivity contribution >= 4 is 27.3 Å². The third-order valence-corrected chi connectivity index (χ3v) is 5.23. The van der Waals surface area contributed by atoms with E-state index in [1.54, 1.807) is 43.4 Å². The van der Waals surface area contributed by atoms with Crippen molar-refractivity contribution in [3.05, 3.63) is 54.1 Å². The third kappa shape index (κ3) is 4.14. The van der Waals surface area contributed by atoms with Gasteiger partial charge in [-0.25, -0.2) is 8.42 Å². The van der Waals surface area contributed by atoms with E-state index in [0.717, 1.165) is 5.56 Å². The molecule has 0 saturated carbocycles. The second-order valence-electron chi connectivity index (χ2n) is 5.95. The number of hydrogen-bond acceptors (Lipinski definition) is 3. The number of carbonyl (C=O) groups excluding carboxylic acids is 1. The quantitative estimate of drug-likeness (QED) is 0.899. The van der Waals surface area contributed by atoms with Gasteiger partial charge in [-0.05, 0) is 47.9 Å². The van der Waals surface area contributed by atoms with Crippen LogP contribution >= 0.6 is 0 Å². The first-order chi connectivity index (χ1) is 11.2. The van der Waals surface area contributed by atoms with Gasteiger partial charge in [-0.15, -0.1) is 0 Å². The van der Waals surface area contributed by atoms with E-state index in [1.807, 2.05) is 12.1 Å². The number of rotatable bonds is 5. The highest BCUT2D eigenvalue weighted by atomic mass is 32.2. The molecule has 2 aromatic carbocycles. The molecule has 24 heavy (non-hydrogen) atoms. The van der Waals surface area contributed by atoms with Crippen molar-refractivity contribution in [2.75, 3.05) is 16.7 Å². The highest BCUT2D eigenvalue weighted by molar-refractivity contribution is 7.92. The number of carbonyl (C=O) groups is 1. The monoisotopic (exact) mass is 346 g/mol. The van der Waals surface area contributed by atoms with E-state index in [1.165, 1.54) is 11.8 Å². The van der Waals surface area contributed by atoms with Crippen LogP contribution in [0.15, 0.2) is 53.4 Å². The summed E-state index contributed by atoms with van der Waals surface area (Å²) < 4.78 is 27.4. The fraction of sp³-hybridized carbons (Fsp3) is 0.278. The fourth-order valence-electron chi connectivity index (χ4n) is 2.18. The molecule has 0 aromatic heterocycles. The largest absolute Gasteiger partial charge is 0.316 e. The molecule has 0 spiro atoms. The molecule has 2 rings (SSSR count). The number of amides is 1. The average molecular weight is 346 g/mol. The second kappa shape index (κ2) is 7.05. The van der Waals surface area contributed by atoms with Crippen molar-refractivity contribution in [2.45, 2.75) is 31.6 Å². The fourth-order valence-corrected chi connectivity index (χ4v) is 3.24. The maximum absolute atomic E-state index is 12.4. The minimum atomic E-state index is -3.64. The number of nitrogens with zero attached hydrogens (tertiary/aromatic N) is 1. The van der Waals surface area contributed by atoms with Gasteiger partial charge in [0.1, 0.15) is 0 Å². The Morgan fingerprint density at radius 2 is 1.54 bits per heavy atom. The van der Waals surface area contributed by atoms with Crippen molar-refractivity contribution in [1.29, 1.82) is 0 Å². The lowest BCUT2D eigenvalue weighted by molar-refractivity contribution is -0.116. The van der Waals surface area contributed by atoms with Gasteiger partial charge < -0.3 is 4.90 Å². The second-order valence-corrected chi connectivity index (χ2v) is 7.64. The first kappa shape index (κ1) is 18.0. The molecule has 0 atom stereocenters. The molecule has 1 amide bonds. The Balaban J connectivity index is 2.18. The molecule has 2 aromatic rings. The van der Waals surface area contributed by atoms with E-state index in [4.69, 9.17) is 0 Å². The number of hydrogen-bond donors (Lipinski definition) is 1. The molecule has 0 aliphatic rings. The van der Waals surface area contributed by atoms with Gasteiger partial charge in [-0.2, -0.15) is 0 Å². The SMILES string of the molecule is CC(=O)N(C)c1ccc(NS(=O)(=O)c2ccc(C(C)C)cc2)cc1. The van der Waals surface area contributed by atoms with Gasteiger partial charge in [0.25, 0.3) is 10.0 Å². The Morgan fingerprint density at radius 1 is 1.00 bits per heavy atom. The lowest BCUT2D eigenvalue weighted by Gasteiger charge is -2.15. The van der Waals surface area contributed by atoms with E-state index >= 15 is 0 Å². The minimum absolute atomic E-state index is 0.0893. The maximum Gasteiger partial charge on any atom is 0.261 e. The zero-order valence-corrected chi connectivity index (χ0v) is 15.1. The molecule has 0 radical (unpaired) electrons. The van der Waals surface area contributed by atoms with Crippen molar-refractivity contribution < 1.29 is 13.2 Å². The van der Waals surface area contributed by atoms with Gasteiger partial charge in [0.15, 0.2) is 0 Å². The molecule has 0 heterocycles. The highest BCUT2D eigenvalue weighted by Gasteiger charge is 2.15. The summed E-state index contributed by atoms with van der Waals surface area (Å²) in [5.74, 6) is 0.258. The predicted octanol–water partition coefficient (Wildman–Crippen LogP) is 3.59. The summed E-state index contributed by atoms with van der Waals surface area (Å²) in [6, 6.07) is 13.5. The van der Waals surface area contributed by atoms with E-state index in [9.17, 15) is 13.2 Å². The van der Waals surface area contributed by atoms with Crippen LogP contribution < -0.4 is 9.62 Å².